The van der Waals surface area contributed by atoms with E-state index in [-0.39, 0.29) is 30.7 Å². The van der Waals surface area contributed by atoms with Crippen LogP contribution < -0.4 is 0 Å². The van der Waals surface area contributed by atoms with E-state index in [1.54, 1.807) is 0 Å². The Labute approximate surface area is 116 Å². The zero-order valence-corrected chi connectivity index (χ0v) is 11.5. The van der Waals surface area contributed by atoms with Crippen molar-refractivity contribution in [2.75, 3.05) is 14.2 Å². The number of aromatic nitrogens is 1. The Hall–Kier alpha value is -2.30. The number of benzene rings is 1. The van der Waals surface area contributed by atoms with Gasteiger partial charge in [0.2, 0.25) is 0 Å². The quantitative estimate of drug-likeness (QED) is 0.851. The monoisotopic (exact) mass is 275 g/mol. The number of esters is 2. The van der Waals surface area contributed by atoms with Crippen LogP contribution in [0.5, 0.6) is 0 Å². The Balaban J connectivity index is 2.34. The van der Waals surface area contributed by atoms with Gasteiger partial charge in [0.05, 0.1) is 27.1 Å². The number of methoxy groups -OCH3 is 2. The van der Waals surface area contributed by atoms with E-state index in [0.717, 1.165) is 16.5 Å². The standard InChI is InChI=1S/C15H17NO4/c1-19-14(17)7-10(8-15(18)20-2)12-9-16-13-6-4-3-5-11(12)13/h3-6,9-10,16H,7-8H2,1-2H3. The number of carbonyl (C=O) groups excluding carboxylic acids is 2. The zero-order valence-electron chi connectivity index (χ0n) is 11.5. The molecule has 0 aliphatic carbocycles. The lowest BCUT2D eigenvalue weighted by Crippen LogP contribution is -2.13. The van der Waals surface area contributed by atoms with Gasteiger partial charge in [-0.15, -0.1) is 0 Å². The first-order valence-electron chi connectivity index (χ1n) is 6.35. The van der Waals surface area contributed by atoms with Gasteiger partial charge in [-0.1, -0.05) is 18.2 Å². The number of nitrogens with one attached hydrogen (secondary N) is 1. The van der Waals surface area contributed by atoms with Crippen molar-refractivity contribution < 1.29 is 19.1 Å². The van der Waals surface area contributed by atoms with E-state index in [4.69, 9.17) is 9.47 Å². The molecule has 0 saturated heterocycles. The van der Waals surface area contributed by atoms with E-state index in [1.165, 1.54) is 14.2 Å². The van der Waals surface area contributed by atoms with Crippen LogP contribution in [0.25, 0.3) is 10.9 Å². The third-order valence-electron chi connectivity index (χ3n) is 3.34. The molecule has 0 fully saturated rings. The van der Waals surface area contributed by atoms with Crippen molar-refractivity contribution in [3.05, 3.63) is 36.0 Å². The molecule has 5 nitrogen and oxygen atoms in total. The Bertz CT molecular complexity index is 599. The van der Waals surface area contributed by atoms with Gasteiger partial charge in [-0.25, -0.2) is 0 Å². The van der Waals surface area contributed by atoms with Crippen LogP contribution in [0.15, 0.2) is 30.5 Å². The van der Waals surface area contributed by atoms with Crippen molar-refractivity contribution in [3.63, 3.8) is 0 Å². The number of para-hydroxylation sites is 1. The molecule has 0 aliphatic rings. The average Bonchev–Trinajstić information content (AvgIpc) is 2.90. The first-order chi connectivity index (χ1) is 9.65. The highest BCUT2D eigenvalue weighted by atomic mass is 16.5. The summed E-state index contributed by atoms with van der Waals surface area (Å²) in [6, 6.07) is 7.76. The van der Waals surface area contributed by atoms with Crippen LogP contribution in [-0.4, -0.2) is 31.1 Å². The molecule has 106 valence electrons. The van der Waals surface area contributed by atoms with Crippen molar-refractivity contribution in [1.82, 2.24) is 4.98 Å². The molecule has 0 amide bonds. The number of hydrogen-bond acceptors (Lipinski definition) is 4. The highest BCUT2D eigenvalue weighted by Crippen LogP contribution is 2.30. The molecule has 1 aromatic heterocycles. The first kappa shape index (κ1) is 14.1. The lowest BCUT2D eigenvalue weighted by molar-refractivity contribution is -0.143. The summed E-state index contributed by atoms with van der Waals surface area (Å²) in [5, 5.41) is 1.00. The molecule has 1 N–H and O–H groups in total. The van der Waals surface area contributed by atoms with E-state index in [9.17, 15) is 9.59 Å². The van der Waals surface area contributed by atoms with Gasteiger partial charge >= 0.3 is 11.9 Å². The zero-order chi connectivity index (χ0) is 14.5. The molecule has 2 rings (SSSR count). The van der Waals surface area contributed by atoms with Crippen molar-refractivity contribution in [3.8, 4) is 0 Å². The van der Waals surface area contributed by atoms with Crippen LogP contribution in [0, 0.1) is 0 Å². The van der Waals surface area contributed by atoms with Gasteiger partial charge in [0.1, 0.15) is 0 Å². The van der Waals surface area contributed by atoms with E-state index >= 15 is 0 Å². The molecule has 0 spiro atoms. The summed E-state index contributed by atoms with van der Waals surface area (Å²) < 4.78 is 9.41. The molecule has 2 aromatic rings. The number of carbonyl (C=O) groups is 2. The molecule has 1 heterocycles. The number of hydrogen-bond donors (Lipinski definition) is 1. The van der Waals surface area contributed by atoms with Crippen LogP contribution >= 0.6 is 0 Å². The third-order valence-corrected chi connectivity index (χ3v) is 3.34. The molecule has 0 aliphatic heterocycles. The predicted molar refractivity (Wildman–Crippen MR) is 74.3 cm³/mol. The maximum Gasteiger partial charge on any atom is 0.306 e. The van der Waals surface area contributed by atoms with E-state index < -0.39 is 0 Å². The largest absolute Gasteiger partial charge is 0.469 e. The molecule has 1 aromatic carbocycles. The Kier molecular flexibility index (Phi) is 4.40. The second kappa shape index (κ2) is 6.23. The summed E-state index contributed by atoms with van der Waals surface area (Å²) in [6.45, 7) is 0. The average molecular weight is 275 g/mol. The summed E-state index contributed by atoms with van der Waals surface area (Å²) in [6.07, 6.45) is 2.13. The minimum absolute atomic E-state index is 0.146. The normalized spacial score (nSPS) is 10.8. The number of H-pyrrole nitrogens is 1. The summed E-state index contributed by atoms with van der Waals surface area (Å²) in [5.41, 5.74) is 1.90. The van der Waals surface area contributed by atoms with E-state index in [2.05, 4.69) is 4.98 Å². The smallest absolute Gasteiger partial charge is 0.306 e. The first-order valence-corrected chi connectivity index (χ1v) is 6.35. The van der Waals surface area contributed by atoms with Crippen LogP contribution in [-0.2, 0) is 19.1 Å². The molecule has 0 bridgehead atoms. The molecular weight excluding hydrogens is 258 g/mol. The second-order valence-electron chi connectivity index (χ2n) is 4.55. The third kappa shape index (κ3) is 2.99. The van der Waals surface area contributed by atoms with Gasteiger partial charge in [-0.2, -0.15) is 0 Å². The fourth-order valence-corrected chi connectivity index (χ4v) is 2.29. The van der Waals surface area contributed by atoms with Gasteiger partial charge in [0.15, 0.2) is 0 Å². The summed E-state index contributed by atoms with van der Waals surface area (Å²) in [4.78, 5) is 26.2. The van der Waals surface area contributed by atoms with Crippen molar-refractivity contribution in [1.29, 1.82) is 0 Å². The Morgan fingerprint density at radius 1 is 1.10 bits per heavy atom. The van der Waals surface area contributed by atoms with Crippen molar-refractivity contribution in [2.45, 2.75) is 18.8 Å². The summed E-state index contributed by atoms with van der Waals surface area (Å²) >= 11 is 0. The summed E-state index contributed by atoms with van der Waals surface area (Å²) in [5.74, 6) is -0.945. The Morgan fingerprint density at radius 3 is 2.30 bits per heavy atom. The second-order valence-corrected chi connectivity index (χ2v) is 4.55. The van der Waals surface area contributed by atoms with Gasteiger partial charge < -0.3 is 14.5 Å². The van der Waals surface area contributed by atoms with Crippen molar-refractivity contribution >= 4 is 22.8 Å². The number of aromatic amines is 1. The fraction of sp³-hybridized carbons (Fsp3) is 0.333. The minimum atomic E-state index is -0.343. The molecule has 20 heavy (non-hydrogen) atoms. The van der Waals surface area contributed by atoms with Crippen molar-refractivity contribution in [2.24, 2.45) is 0 Å². The molecule has 5 heteroatoms. The van der Waals surface area contributed by atoms with E-state index in [1.807, 2.05) is 30.5 Å². The van der Waals surface area contributed by atoms with Gasteiger partial charge in [0.25, 0.3) is 0 Å². The van der Waals surface area contributed by atoms with Crippen LogP contribution in [0.2, 0.25) is 0 Å². The molecular formula is C15H17NO4. The maximum atomic E-state index is 11.5. The lowest BCUT2D eigenvalue weighted by atomic mass is 9.92. The maximum absolute atomic E-state index is 11.5. The Morgan fingerprint density at radius 2 is 1.70 bits per heavy atom. The predicted octanol–water partition coefficient (Wildman–Crippen LogP) is 2.38. The van der Waals surface area contributed by atoms with Crippen LogP contribution in [0.3, 0.4) is 0 Å². The topological polar surface area (TPSA) is 68.4 Å². The highest BCUT2D eigenvalue weighted by molar-refractivity contribution is 5.85. The SMILES string of the molecule is COC(=O)CC(CC(=O)OC)c1c[nH]c2ccccc12. The number of rotatable bonds is 5. The number of fused-ring (bicyclic) bond motifs is 1. The van der Waals surface area contributed by atoms with Gasteiger partial charge in [-0.05, 0) is 11.6 Å². The fourth-order valence-electron chi connectivity index (χ4n) is 2.29. The van der Waals surface area contributed by atoms with Gasteiger partial charge in [-0.3, -0.25) is 9.59 Å². The highest BCUT2D eigenvalue weighted by Gasteiger charge is 2.23. The number of ether oxygens (including phenoxy) is 2. The van der Waals surface area contributed by atoms with E-state index in [0.29, 0.717) is 0 Å². The van der Waals surface area contributed by atoms with Crippen LogP contribution in [0.1, 0.15) is 24.3 Å². The molecule has 0 saturated carbocycles. The molecule has 0 radical (unpaired) electrons. The summed E-state index contributed by atoms with van der Waals surface area (Å²) in [7, 11) is 2.68. The minimum Gasteiger partial charge on any atom is -0.469 e. The molecule has 0 unspecified atom stereocenters. The van der Waals surface area contributed by atoms with Gasteiger partial charge in [0, 0.05) is 23.0 Å². The van der Waals surface area contributed by atoms with Crippen LogP contribution in [0.4, 0.5) is 0 Å². The molecule has 0 atom stereocenters. The lowest BCUT2D eigenvalue weighted by Gasteiger charge is -2.14.